The zero-order valence-corrected chi connectivity index (χ0v) is 50.1. The van der Waals surface area contributed by atoms with E-state index in [9.17, 15) is 49.8 Å². The Bertz CT molecular complexity index is 2850. The molecule has 12 atom stereocenters. The Kier molecular flexibility index (Phi) is 27.2. The molecule has 2 aromatic carbocycles. The first-order valence-electron chi connectivity index (χ1n) is 27.1. The number of methoxy groups -OCH3 is 4. The summed E-state index contributed by atoms with van der Waals surface area (Å²) in [4.78, 5) is 65.8. The van der Waals surface area contributed by atoms with Crippen LogP contribution in [0.5, 0.6) is 23.0 Å². The largest absolute Gasteiger partial charge is 0.506 e. The molecule has 0 aliphatic carbocycles. The number of fused-ring (bicyclic) bond motifs is 4. The molecule has 83 heavy (non-hydrogen) atoms. The third-order valence-electron chi connectivity index (χ3n) is 14.6. The molecule has 456 valence electrons. The number of aliphatic hydroxyl groups is 2. The Hall–Kier alpha value is -6.83. The molecule has 12 N–H and O–H groups in total. The molecule has 4 rings (SSSR count). The summed E-state index contributed by atoms with van der Waals surface area (Å²) in [6, 6.07) is 2.39. The zero-order chi connectivity index (χ0) is 61.8. The number of hydrogen-bond donors (Lipinski definition) is 10. The highest BCUT2D eigenvalue weighted by Crippen LogP contribution is 2.46. The number of aliphatic hydroxyl groups excluding tert-OH is 2. The number of nitrogens with one attached hydrogen (secondary N) is 2. The summed E-state index contributed by atoms with van der Waals surface area (Å²) in [5, 5.41) is 75.1. The summed E-state index contributed by atoms with van der Waals surface area (Å²) in [6.45, 7) is 13.8. The molecule has 12 unspecified atom stereocenters. The van der Waals surface area contributed by atoms with Crippen molar-refractivity contribution in [1.82, 2.24) is 0 Å². The van der Waals surface area contributed by atoms with Crippen LogP contribution in [0.2, 0.25) is 0 Å². The summed E-state index contributed by atoms with van der Waals surface area (Å²) in [5.41, 5.74) is 7.29. The topological polar surface area (TPSA) is 346 Å². The zero-order valence-electron chi connectivity index (χ0n) is 49.3. The molecule has 2 heterocycles. The molecular weight excluding hydrogens is 1090 g/mol. The van der Waals surface area contributed by atoms with E-state index >= 15 is 0 Å². The van der Waals surface area contributed by atoms with Gasteiger partial charge in [0.05, 0.1) is 41.9 Å². The van der Waals surface area contributed by atoms with E-state index in [-0.39, 0.29) is 117 Å². The summed E-state index contributed by atoms with van der Waals surface area (Å²) in [6.07, 6.45) is 9.19. The van der Waals surface area contributed by atoms with Crippen LogP contribution in [-0.4, -0.2) is 150 Å². The molecule has 2 aliphatic heterocycles. The van der Waals surface area contributed by atoms with Crippen molar-refractivity contribution in [3.05, 3.63) is 94.2 Å². The van der Waals surface area contributed by atoms with Crippen molar-refractivity contribution in [2.24, 2.45) is 51.2 Å². The van der Waals surface area contributed by atoms with Crippen LogP contribution < -0.4 is 22.3 Å². The lowest BCUT2D eigenvalue weighted by molar-refractivity contribution is -0.151. The Morgan fingerprint density at radius 2 is 1.10 bits per heavy atom. The van der Waals surface area contributed by atoms with E-state index in [0.717, 1.165) is 0 Å². The lowest BCUT2D eigenvalue weighted by Gasteiger charge is -2.29. The highest BCUT2D eigenvalue weighted by atomic mass is 32.2. The molecule has 0 radical (unpaired) electrons. The monoisotopic (exact) mass is 1180 g/mol. The average Bonchev–Trinajstić information content (AvgIpc) is 3.44. The summed E-state index contributed by atoms with van der Waals surface area (Å²) < 4.78 is 28.3. The Morgan fingerprint density at radius 1 is 0.675 bits per heavy atom. The van der Waals surface area contributed by atoms with E-state index in [1.54, 1.807) is 65.0 Å². The number of rotatable bonds is 12. The fourth-order valence-corrected chi connectivity index (χ4v) is 10.5. The average molecular weight is 1180 g/mol. The fourth-order valence-electron chi connectivity index (χ4n) is 10.0. The first-order valence-corrected chi connectivity index (χ1v) is 28.3. The number of nitrogens with zero attached hydrogens (tertiary/aromatic N) is 2. The molecule has 0 saturated carbocycles. The normalized spacial score (nSPS) is 26.8. The van der Waals surface area contributed by atoms with Crippen LogP contribution in [0.1, 0.15) is 79.4 Å². The lowest BCUT2D eigenvalue weighted by Crippen LogP contribution is -2.37. The summed E-state index contributed by atoms with van der Waals surface area (Å²) in [5.74, 6) is -0.143. The predicted molar refractivity (Wildman–Crippen MR) is 320 cm³/mol. The summed E-state index contributed by atoms with van der Waals surface area (Å²) >= 11 is 1.35. The van der Waals surface area contributed by atoms with Crippen LogP contribution in [0, 0.1) is 29.6 Å². The number of phenolic OH excluding ortho intramolecular Hbond substituents is 4. The fraction of sp³-hybridized carbons (Fsp3) is 0.500. The third-order valence-corrected chi connectivity index (χ3v) is 15.4. The molecular formula is C60H84N6O16S. The molecule has 22 nitrogen and oxygen atoms in total. The van der Waals surface area contributed by atoms with E-state index in [0.29, 0.717) is 11.1 Å². The van der Waals surface area contributed by atoms with Crippen molar-refractivity contribution >= 4 is 70.8 Å². The van der Waals surface area contributed by atoms with Crippen LogP contribution in [0.3, 0.4) is 0 Å². The number of aliphatic imine (C=N–C) groups is 2. The molecule has 2 aromatic rings. The van der Waals surface area contributed by atoms with Gasteiger partial charge in [0.15, 0.2) is 6.10 Å². The first-order chi connectivity index (χ1) is 39.3. The number of benzene rings is 2. The number of aromatic hydroxyl groups is 4. The smallest absolute Gasteiger partial charge is 0.405 e. The summed E-state index contributed by atoms with van der Waals surface area (Å²) in [7, 11) is 5.76. The second-order valence-electron chi connectivity index (χ2n) is 21.1. The SMILES string of the molecule is COC1C=CC=C(C)C(=O)Nc2cc(O)c(N=CCSCC=Nc3c(O)cc4c(O)c3CC(C)CC(OC)C(O)C(C)C=C(C)C(C(=O)ON)C(OC)C=CC=C(C)C(=O)N4)c(c2O)CC(C)CC(OC)C(O)C(C)C=C(C)C1OC(N)=O. The maximum absolute atomic E-state index is 13.5. The van der Waals surface area contributed by atoms with Crippen molar-refractivity contribution in [3.63, 3.8) is 0 Å². The number of amides is 3. The van der Waals surface area contributed by atoms with Gasteiger partial charge in [0.25, 0.3) is 11.8 Å². The van der Waals surface area contributed by atoms with Crippen LogP contribution >= 0.6 is 11.8 Å². The Balaban J connectivity index is 1.66. The molecule has 0 spiro atoms. The van der Waals surface area contributed by atoms with Crippen molar-refractivity contribution in [3.8, 4) is 23.0 Å². The number of carbonyl (C=O) groups is 4. The van der Waals surface area contributed by atoms with Gasteiger partial charge >= 0.3 is 12.1 Å². The molecule has 2 aliphatic rings. The van der Waals surface area contributed by atoms with E-state index in [1.165, 1.54) is 89.9 Å². The van der Waals surface area contributed by atoms with Gasteiger partial charge in [0.1, 0.15) is 46.4 Å². The van der Waals surface area contributed by atoms with Gasteiger partial charge in [-0.1, -0.05) is 81.9 Å². The van der Waals surface area contributed by atoms with Crippen LogP contribution in [0.4, 0.5) is 27.5 Å². The van der Waals surface area contributed by atoms with Gasteiger partial charge in [0.2, 0.25) is 0 Å². The van der Waals surface area contributed by atoms with Crippen molar-refractivity contribution < 1.29 is 78.3 Å². The van der Waals surface area contributed by atoms with Gasteiger partial charge in [-0.05, 0) is 70.8 Å². The minimum absolute atomic E-state index is 0.0484. The van der Waals surface area contributed by atoms with Crippen molar-refractivity contribution in [2.45, 2.75) is 124 Å². The second kappa shape index (κ2) is 32.9. The second-order valence-corrected chi connectivity index (χ2v) is 22.2. The lowest BCUT2D eigenvalue weighted by atomic mass is 9.86. The number of allylic oxidation sites excluding steroid dienone is 4. The van der Waals surface area contributed by atoms with Gasteiger partial charge in [-0.3, -0.25) is 19.6 Å². The third kappa shape index (κ3) is 19.1. The molecule has 0 saturated heterocycles. The van der Waals surface area contributed by atoms with Crippen molar-refractivity contribution in [1.29, 1.82) is 0 Å². The number of nitrogens with two attached hydrogens (primary N) is 2. The minimum atomic E-state index is -1.06. The minimum Gasteiger partial charge on any atom is -0.506 e. The number of carbonyl (C=O) groups excluding carboxylic acids is 4. The number of hydrogen-bond acceptors (Lipinski definition) is 20. The van der Waals surface area contributed by atoms with E-state index in [2.05, 4.69) is 25.5 Å². The van der Waals surface area contributed by atoms with Gasteiger partial charge in [0, 0.05) is 98.6 Å². The standard InChI is InChI=1S/C60H84N6O16S/c1-31-23-39-50(43(67)29-41(54(39)71)65-57(73)33(3)15-13-17-45(77-9)49(59(75)82-62)35(5)27-36(6)52(69)47(25-31)79-11)63-19-21-83-22-20-64-51-40-24-32(2)26-48(80-12)53(70)37(7)28-38(8)56(81-60(61)76)46(78-10)18-14-16-34(4)58(74)66-42(55(40)72)30-44(51)68/h13-20,27-32,36-37,45-49,52-53,56,67-72H,21-26,62H2,1-12H3,(H2,61,76)(H,65,73)(H,66,74). The van der Waals surface area contributed by atoms with Gasteiger partial charge < -0.3 is 75.5 Å². The van der Waals surface area contributed by atoms with Gasteiger partial charge in [-0.15, -0.1) is 0 Å². The molecule has 3 amide bonds. The maximum atomic E-state index is 13.5. The number of anilines is 2. The number of primary amides is 1. The number of thioether (sulfide) groups is 1. The van der Waals surface area contributed by atoms with Gasteiger partial charge in [-0.25, -0.2) is 9.59 Å². The van der Waals surface area contributed by atoms with Crippen molar-refractivity contribution in [2.75, 3.05) is 50.6 Å². The number of ether oxygens (including phenoxy) is 5. The molecule has 0 fully saturated rings. The number of phenols is 4. The van der Waals surface area contributed by atoms with E-state index in [4.69, 9.17) is 35.3 Å². The highest BCUT2D eigenvalue weighted by molar-refractivity contribution is 8.00. The van der Waals surface area contributed by atoms with E-state index < -0.39 is 84.4 Å². The maximum Gasteiger partial charge on any atom is 0.405 e. The van der Waals surface area contributed by atoms with Crippen LogP contribution in [0.15, 0.2) is 93.0 Å². The molecule has 4 bridgehead atoms. The van der Waals surface area contributed by atoms with Crippen LogP contribution in [0.25, 0.3) is 0 Å². The first kappa shape index (κ1) is 68.7. The van der Waals surface area contributed by atoms with Crippen LogP contribution in [-0.2, 0) is 55.7 Å². The Labute approximate surface area is 490 Å². The predicted octanol–water partition coefficient (Wildman–Crippen LogP) is 7.84. The van der Waals surface area contributed by atoms with Gasteiger partial charge in [-0.2, -0.15) is 17.7 Å². The highest BCUT2D eigenvalue weighted by Gasteiger charge is 2.34. The van der Waals surface area contributed by atoms with E-state index in [1.807, 2.05) is 13.8 Å². The Morgan fingerprint density at radius 3 is 1.49 bits per heavy atom. The molecule has 23 heteroatoms. The molecule has 0 aromatic heterocycles. The quantitative estimate of drug-likeness (QED) is 0.0241.